The fraction of sp³-hybridized carbons (Fsp3) is 0.182. The number of ether oxygens (including phenoxy) is 1. The van der Waals surface area contributed by atoms with Crippen molar-refractivity contribution in [2.75, 3.05) is 6.61 Å². The predicted molar refractivity (Wildman–Crippen MR) is 57.9 cm³/mol. The van der Waals surface area contributed by atoms with Gasteiger partial charge in [0.25, 0.3) is 0 Å². The lowest BCUT2D eigenvalue weighted by molar-refractivity contribution is 0.0654. The zero-order chi connectivity index (χ0) is 12.3. The number of carbonyl (C=O) groups is 1. The van der Waals surface area contributed by atoms with Crippen LogP contribution in [0.2, 0.25) is 0 Å². The van der Waals surface area contributed by atoms with E-state index in [4.69, 9.17) is 14.3 Å². The molecule has 17 heavy (non-hydrogen) atoms. The van der Waals surface area contributed by atoms with Crippen molar-refractivity contribution in [3.05, 3.63) is 30.2 Å². The Bertz CT molecular complexity index is 536. The van der Waals surface area contributed by atoms with Gasteiger partial charge in [-0.15, -0.1) is 10.2 Å². The number of carboxylic acid groups (broad SMARTS) is 1. The van der Waals surface area contributed by atoms with E-state index in [1.165, 1.54) is 0 Å². The van der Waals surface area contributed by atoms with Crippen molar-refractivity contribution in [1.29, 1.82) is 0 Å². The van der Waals surface area contributed by atoms with Crippen LogP contribution in [0, 0.1) is 0 Å². The van der Waals surface area contributed by atoms with Crippen LogP contribution in [-0.4, -0.2) is 27.9 Å². The van der Waals surface area contributed by atoms with Crippen LogP contribution in [0.4, 0.5) is 0 Å². The second kappa shape index (κ2) is 4.65. The predicted octanol–water partition coefficient (Wildman–Crippen LogP) is 1.83. The molecular weight excluding hydrogens is 224 g/mol. The number of aromatic carboxylic acids is 1. The molecule has 1 heterocycles. The summed E-state index contributed by atoms with van der Waals surface area (Å²) < 4.78 is 10.3. The van der Waals surface area contributed by atoms with Gasteiger partial charge >= 0.3 is 11.9 Å². The largest absolute Gasteiger partial charge is 0.494 e. The van der Waals surface area contributed by atoms with Gasteiger partial charge in [-0.2, -0.15) is 0 Å². The van der Waals surface area contributed by atoms with Crippen LogP contribution < -0.4 is 4.74 Å². The number of carboxylic acids is 1. The summed E-state index contributed by atoms with van der Waals surface area (Å²) in [5.41, 5.74) is 0.621. The molecule has 1 N–H and O–H groups in total. The van der Waals surface area contributed by atoms with Gasteiger partial charge in [-0.25, -0.2) is 4.79 Å². The first-order valence-electron chi connectivity index (χ1n) is 5.00. The van der Waals surface area contributed by atoms with Crippen molar-refractivity contribution >= 4 is 5.97 Å². The Hall–Kier alpha value is -2.37. The van der Waals surface area contributed by atoms with Crippen molar-refractivity contribution in [3.63, 3.8) is 0 Å². The van der Waals surface area contributed by atoms with Gasteiger partial charge in [0.05, 0.1) is 6.61 Å². The van der Waals surface area contributed by atoms with Crippen molar-refractivity contribution in [2.24, 2.45) is 0 Å². The number of hydrogen-bond donors (Lipinski definition) is 1. The van der Waals surface area contributed by atoms with Crippen LogP contribution in [0.25, 0.3) is 11.5 Å². The van der Waals surface area contributed by atoms with Gasteiger partial charge in [0, 0.05) is 5.56 Å². The highest BCUT2D eigenvalue weighted by Crippen LogP contribution is 2.22. The molecule has 1 aromatic heterocycles. The third-order valence-corrected chi connectivity index (χ3v) is 2.00. The Morgan fingerprint density at radius 2 is 2.29 bits per heavy atom. The number of nitrogens with zero attached hydrogens (tertiary/aromatic N) is 2. The van der Waals surface area contributed by atoms with Crippen molar-refractivity contribution in [3.8, 4) is 17.2 Å². The fourth-order valence-electron chi connectivity index (χ4n) is 1.31. The molecule has 0 spiro atoms. The monoisotopic (exact) mass is 234 g/mol. The molecule has 88 valence electrons. The van der Waals surface area contributed by atoms with E-state index in [9.17, 15) is 4.79 Å². The van der Waals surface area contributed by atoms with Gasteiger partial charge in [-0.05, 0) is 25.1 Å². The van der Waals surface area contributed by atoms with Gasteiger partial charge in [0.1, 0.15) is 5.75 Å². The number of hydrogen-bond acceptors (Lipinski definition) is 5. The Balaban J connectivity index is 2.31. The summed E-state index contributed by atoms with van der Waals surface area (Å²) >= 11 is 0. The van der Waals surface area contributed by atoms with Crippen molar-refractivity contribution in [2.45, 2.75) is 6.92 Å². The highest BCUT2D eigenvalue weighted by Gasteiger charge is 2.14. The highest BCUT2D eigenvalue weighted by atomic mass is 16.5. The van der Waals surface area contributed by atoms with Gasteiger partial charge in [0.2, 0.25) is 5.89 Å². The van der Waals surface area contributed by atoms with E-state index in [1.54, 1.807) is 24.3 Å². The molecule has 0 aliphatic heterocycles. The molecule has 0 aliphatic rings. The zero-order valence-corrected chi connectivity index (χ0v) is 9.08. The molecule has 2 aromatic rings. The summed E-state index contributed by atoms with van der Waals surface area (Å²) in [6.45, 7) is 2.43. The van der Waals surface area contributed by atoms with Gasteiger partial charge < -0.3 is 14.3 Å². The maximum Gasteiger partial charge on any atom is 0.393 e. The van der Waals surface area contributed by atoms with E-state index >= 15 is 0 Å². The number of aromatic nitrogens is 2. The minimum Gasteiger partial charge on any atom is -0.494 e. The molecule has 1 aromatic carbocycles. The first-order valence-corrected chi connectivity index (χ1v) is 5.00. The summed E-state index contributed by atoms with van der Waals surface area (Å²) in [5, 5.41) is 15.7. The molecule has 6 nitrogen and oxygen atoms in total. The van der Waals surface area contributed by atoms with Crippen LogP contribution in [-0.2, 0) is 0 Å². The lowest BCUT2D eigenvalue weighted by Crippen LogP contribution is -1.95. The van der Waals surface area contributed by atoms with E-state index in [2.05, 4.69) is 10.2 Å². The summed E-state index contributed by atoms with van der Waals surface area (Å²) in [4.78, 5) is 10.6. The second-order valence-electron chi connectivity index (χ2n) is 3.18. The SMILES string of the molecule is CCOc1cccc(-c2nnc(C(=O)O)o2)c1. The van der Waals surface area contributed by atoms with Gasteiger partial charge in [-0.1, -0.05) is 6.07 Å². The van der Waals surface area contributed by atoms with E-state index < -0.39 is 11.9 Å². The van der Waals surface area contributed by atoms with Gasteiger partial charge in [-0.3, -0.25) is 0 Å². The van der Waals surface area contributed by atoms with Crippen LogP contribution in [0.1, 0.15) is 17.6 Å². The Kier molecular flexibility index (Phi) is 3.04. The van der Waals surface area contributed by atoms with Crippen LogP contribution in [0.15, 0.2) is 28.7 Å². The lowest BCUT2D eigenvalue weighted by atomic mass is 10.2. The maximum absolute atomic E-state index is 10.6. The Labute approximate surface area is 96.9 Å². The van der Waals surface area contributed by atoms with Crippen LogP contribution in [0.3, 0.4) is 0 Å². The Morgan fingerprint density at radius 3 is 2.94 bits per heavy atom. The molecular formula is C11H10N2O4. The molecule has 0 amide bonds. The minimum atomic E-state index is -1.25. The van der Waals surface area contributed by atoms with Crippen molar-refractivity contribution < 1.29 is 19.1 Å². The molecule has 0 saturated carbocycles. The number of rotatable bonds is 4. The minimum absolute atomic E-state index is 0.156. The average molecular weight is 234 g/mol. The summed E-state index contributed by atoms with van der Waals surface area (Å²) in [6.07, 6.45) is 0. The quantitative estimate of drug-likeness (QED) is 0.868. The van der Waals surface area contributed by atoms with E-state index in [-0.39, 0.29) is 5.89 Å². The summed E-state index contributed by atoms with van der Waals surface area (Å²) in [5.74, 6) is -0.851. The molecule has 0 atom stereocenters. The molecule has 2 rings (SSSR count). The fourth-order valence-corrected chi connectivity index (χ4v) is 1.31. The third kappa shape index (κ3) is 2.41. The lowest BCUT2D eigenvalue weighted by Gasteiger charge is -2.02. The smallest absolute Gasteiger partial charge is 0.393 e. The number of benzene rings is 1. The summed E-state index contributed by atoms with van der Waals surface area (Å²) in [7, 11) is 0. The van der Waals surface area contributed by atoms with Crippen LogP contribution in [0.5, 0.6) is 5.75 Å². The molecule has 0 saturated heterocycles. The highest BCUT2D eigenvalue weighted by molar-refractivity contribution is 5.82. The Morgan fingerprint density at radius 1 is 1.47 bits per heavy atom. The topological polar surface area (TPSA) is 85.5 Å². The first-order chi connectivity index (χ1) is 8.20. The molecule has 0 aliphatic carbocycles. The molecule has 0 bridgehead atoms. The van der Waals surface area contributed by atoms with E-state index in [0.29, 0.717) is 17.9 Å². The normalized spacial score (nSPS) is 10.2. The second-order valence-corrected chi connectivity index (χ2v) is 3.18. The van der Waals surface area contributed by atoms with E-state index in [1.807, 2.05) is 6.92 Å². The van der Waals surface area contributed by atoms with Crippen LogP contribution >= 0.6 is 0 Å². The zero-order valence-electron chi connectivity index (χ0n) is 9.08. The van der Waals surface area contributed by atoms with Gasteiger partial charge in [0.15, 0.2) is 0 Å². The first kappa shape index (κ1) is 11.1. The molecule has 0 unspecified atom stereocenters. The molecule has 0 radical (unpaired) electrons. The standard InChI is InChI=1S/C11H10N2O4/c1-2-16-8-5-3-4-7(6-8)9-12-13-10(17-9)11(14)15/h3-6H,2H2,1H3,(H,14,15). The van der Waals surface area contributed by atoms with E-state index in [0.717, 1.165) is 0 Å². The molecule has 0 fully saturated rings. The maximum atomic E-state index is 10.6. The average Bonchev–Trinajstić information content (AvgIpc) is 2.79. The summed E-state index contributed by atoms with van der Waals surface area (Å²) in [6, 6.07) is 7.01. The third-order valence-electron chi connectivity index (χ3n) is 2.00. The molecule has 6 heteroatoms. The van der Waals surface area contributed by atoms with Crippen molar-refractivity contribution in [1.82, 2.24) is 10.2 Å².